The van der Waals surface area contributed by atoms with E-state index in [0.29, 0.717) is 28.7 Å². The molecule has 0 radical (unpaired) electrons. The third-order valence-corrected chi connectivity index (χ3v) is 7.59. The predicted molar refractivity (Wildman–Crippen MR) is 122 cm³/mol. The van der Waals surface area contributed by atoms with Crippen molar-refractivity contribution in [2.45, 2.75) is 50.4 Å². The van der Waals surface area contributed by atoms with Crippen molar-refractivity contribution in [2.24, 2.45) is 5.92 Å². The molecule has 3 aromatic heterocycles. The van der Waals surface area contributed by atoms with E-state index in [2.05, 4.69) is 22.1 Å². The minimum atomic E-state index is -0.0810. The summed E-state index contributed by atoms with van der Waals surface area (Å²) in [6.45, 7) is 6.37. The summed E-state index contributed by atoms with van der Waals surface area (Å²) in [6.07, 6.45) is 3.38. The van der Waals surface area contributed by atoms with Crippen molar-refractivity contribution in [1.29, 1.82) is 0 Å². The highest BCUT2D eigenvalue weighted by atomic mass is 32.2. The molecule has 6 nitrogen and oxygen atoms in total. The first kappa shape index (κ1) is 19.5. The number of nitrogens with zero attached hydrogens (tertiary/aromatic N) is 4. The van der Waals surface area contributed by atoms with E-state index < -0.39 is 0 Å². The molecule has 1 aliphatic rings. The topological polar surface area (TPSA) is 90.7 Å². The lowest BCUT2D eigenvalue weighted by Gasteiger charge is -2.17. The Kier molecular flexibility index (Phi) is 4.99. The summed E-state index contributed by atoms with van der Waals surface area (Å²) >= 11 is 3.25. The number of nitrogen functional groups attached to an aromatic ring is 1. The minimum absolute atomic E-state index is 0.0810. The van der Waals surface area contributed by atoms with Crippen molar-refractivity contribution in [3.63, 3.8) is 0 Å². The fourth-order valence-corrected chi connectivity index (χ4v) is 6.16. The quantitative estimate of drug-likeness (QED) is 0.328. The molecule has 0 bridgehead atoms. The molecule has 1 aliphatic carbocycles. The third-order valence-electron chi connectivity index (χ3n) is 5.50. The Hall–Kier alpha value is -2.45. The van der Waals surface area contributed by atoms with E-state index >= 15 is 0 Å². The lowest BCUT2D eigenvalue weighted by Crippen LogP contribution is -2.09. The summed E-state index contributed by atoms with van der Waals surface area (Å²) in [5, 5.41) is 10.1. The van der Waals surface area contributed by atoms with E-state index in [9.17, 15) is 0 Å². The van der Waals surface area contributed by atoms with Crippen LogP contribution in [0.15, 0.2) is 33.8 Å². The molecular weight excluding hydrogens is 414 g/mol. The number of aryl methyl sites for hydroxylation is 2. The molecule has 5 rings (SSSR count). The minimum Gasteiger partial charge on any atom is -0.419 e. The number of hydrogen-bond acceptors (Lipinski definition) is 8. The molecule has 0 saturated heterocycles. The maximum absolute atomic E-state index is 6.36. The molecule has 30 heavy (non-hydrogen) atoms. The maximum Gasteiger partial charge on any atom is 0.247 e. The second-order valence-electron chi connectivity index (χ2n) is 8.00. The highest BCUT2D eigenvalue weighted by molar-refractivity contribution is 7.99. The Morgan fingerprint density at radius 1 is 1.27 bits per heavy atom. The van der Waals surface area contributed by atoms with E-state index in [1.807, 2.05) is 38.1 Å². The van der Waals surface area contributed by atoms with E-state index in [1.54, 1.807) is 11.3 Å². The lowest BCUT2D eigenvalue weighted by atomic mass is 9.89. The first-order chi connectivity index (χ1) is 14.5. The summed E-state index contributed by atoms with van der Waals surface area (Å²) in [4.78, 5) is 11.8. The average molecular weight is 438 g/mol. The van der Waals surface area contributed by atoms with Crippen LogP contribution in [0, 0.1) is 12.8 Å². The molecule has 154 valence electrons. The normalized spacial score (nSPS) is 17.2. The van der Waals surface area contributed by atoms with Crippen LogP contribution in [0.3, 0.4) is 0 Å². The van der Waals surface area contributed by atoms with Crippen molar-refractivity contribution in [1.82, 2.24) is 20.2 Å². The first-order valence-corrected chi connectivity index (χ1v) is 11.8. The lowest BCUT2D eigenvalue weighted by molar-refractivity contribution is 0.509. The maximum atomic E-state index is 6.36. The van der Waals surface area contributed by atoms with E-state index in [-0.39, 0.29) is 5.25 Å². The smallest absolute Gasteiger partial charge is 0.247 e. The van der Waals surface area contributed by atoms with Crippen LogP contribution < -0.4 is 5.73 Å². The number of nitrogens with two attached hydrogens (primary N) is 1. The van der Waals surface area contributed by atoms with Crippen molar-refractivity contribution in [3.05, 3.63) is 46.2 Å². The highest BCUT2D eigenvalue weighted by Crippen LogP contribution is 2.41. The molecular formula is C22H23N5OS2. The van der Waals surface area contributed by atoms with E-state index in [4.69, 9.17) is 15.1 Å². The first-order valence-electron chi connectivity index (χ1n) is 10.1. The van der Waals surface area contributed by atoms with Gasteiger partial charge in [-0.05, 0) is 56.7 Å². The van der Waals surface area contributed by atoms with Gasteiger partial charge in [0, 0.05) is 10.4 Å². The largest absolute Gasteiger partial charge is 0.419 e. The van der Waals surface area contributed by atoms with Crippen LogP contribution in [-0.2, 0) is 12.8 Å². The summed E-state index contributed by atoms with van der Waals surface area (Å²) in [5.41, 5.74) is 9.79. The number of hydrogen-bond donors (Lipinski definition) is 1. The van der Waals surface area contributed by atoms with Gasteiger partial charge in [0.25, 0.3) is 0 Å². The molecule has 4 aromatic rings. The van der Waals surface area contributed by atoms with Crippen LogP contribution >= 0.6 is 23.1 Å². The van der Waals surface area contributed by atoms with Crippen LogP contribution in [0.25, 0.3) is 21.7 Å². The average Bonchev–Trinajstić information content (AvgIpc) is 3.32. The van der Waals surface area contributed by atoms with Crippen molar-refractivity contribution < 1.29 is 4.42 Å². The molecule has 0 saturated carbocycles. The SMILES string of the molecule is Cc1cccc(-c2nnc([C@@H](C)Sc3nc(N)c4c5c(sc4n3)C[C@H](C)CC5)o2)c1. The van der Waals surface area contributed by atoms with Crippen LogP contribution in [0.1, 0.15) is 47.4 Å². The van der Waals surface area contributed by atoms with Gasteiger partial charge in [-0.3, -0.25) is 0 Å². The number of rotatable bonds is 4. The zero-order valence-electron chi connectivity index (χ0n) is 17.2. The molecule has 8 heteroatoms. The summed E-state index contributed by atoms with van der Waals surface area (Å²) in [5.74, 6) is 2.37. The van der Waals surface area contributed by atoms with Gasteiger partial charge in [0.05, 0.1) is 10.6 Å². The Labute approximate surface area is 183 Å². The number of benzene rings is 1. The molecule has 0 aliphatic heterocycles. The van der Waals surface area contributed by atoms with Crippen molar-refractivity contribution in [2.75, 3.05) is 5.73 Å². The Bertz CT molecular complexity index is 1230. The number of thioether (sulfide) groups is 1. The third kappa shape index (κ3) is 3.58. The predicted octanol–water partition coefficient (Wildman–Crippen LogP) is 5.61. The van der Waals surface area contributed by atoms with Gasteiger partial charge in [-0.25, -0.2) is 9.97 Å². The standard InChI is InChI=1S/C22H23N5OS2/c1-11-5-4-6-14(9-11)20-27-26-19(28-20)13(3)29-22-24-18(23)17-15-8-7-12(2)10-16(15)30-21(17)25-22/h4-6,9,12-13H,7-8,10H2,1-3H3,(H2,23,24,25)/t12-,13-/m1/s1. The molecule has 2 atom stereocenters. The zero-order chi connectivity index (χ0) is 20.8. The van der Waals surface area contributed by atoms with Gasteiger partial charge in [-0.1, -0.05) is 36.4 Å². The summed E-state index contributed by atoms with van der Waals surface area (Å²) < 4.78 is 5.93. The fraction of sp³-hybridized carbons (Fsp3) is 0.364. The van der Waals surface area contributed by atoms with Crippen LogP contribution in [0.4, 0.5) is 5.82 Å². The number of aromatic nitrogens is 4. The molecule has 0 amide bonds. The fourth-order valence-electron chi connectivity index (χ4n) is 3.90. The van der Waals surface area contributed by atoms with Gasteiger partial charge in [-0.15, -0.1) is 21.5 Å². The monoisotopic (exact) mass is 437 g/mol. The van der Waals surface area contributed by atoms with Gasteiger partial charge < -0.3 is 10.2 Å². The molecule has 2 N–H and O–H groups in total. The van der Waals surface area contributed by atoms with Gasteiger partial charge >= 0.3 is 0 Å². The molecule has 1 aromatic carbocycles. The van der Waals surface area contributed by atoms with Crippen molar-refractivity contribution in [3.8, 4) is 11.5 Å². The summed E-state index contributed by atoms with van der Waals surface area (Å²) in [7, 11) is 0. The molecule has 0 fully saturated rings. The number of anilines is 1. The van der Waals surface area contributed by atoms with Gasteiger partial charge in [0.1, 0.15) is 10.6 Å². The summed E-state index contributed by atoms with van der Waals surface area (Å²) in [6, 6.07) is 8.03. The zero-order valence-corrected chi connectivity index (χ0v) is 18.8. The van der Waals surface area contributed by atoms with E-state index in [0.717, 1.165) is 34.2 Å². The number of fused-ring (bicyclic) bond motifs is 3. The van der Waals surface area contributed by atoms with Crippen LogP contribution in [0.5, 0.6) is 0 Å². The van der Waals surface area contributed by atoms with Gasteiger partial charge in [0.15, 0.2) is 5.16 Å². The highest BCUT2D eigenvalue weighted by Gasteiger charge is 2.24. The Morgan fingerprint density at radius 2 is 2.13 bits per heavy atom. The van der Waals surface area contributed by atoms with E-state index in [1.165, 1.54) is 28.6 Å². The number of thiophene rings is 1. The Morgan fingerprint density at radius 3 is 2.97 bits per heavy atom. The second kappa shape index (κ2) is 7.67. The molecule has 0 spiro atoms. The van der Waals surface area contributed by atoms with Gasteiger partial charge in [-0.2, -0.15) is 0 Å². The van der Waals surface area contributed by atoms with Crippen LogP contribution in [-0.4, -0.2) is 20.2 Å². The molecule has 0 unspecified atom stereocenters. The second-order valence-corrected chi connectivity index (χ2v) is 10.4. The van der Waals surface area contributed by atoms with Gasteiger partial charge in [0.2, 0.25) is 11.8 Å². The van der Waals surface area contributed by atoms with Crippen LogP contribution in [0.2, 0.25) is 0 Å². The Balaban J connectivity index is 1.40. The van der Waals surface area contributed by atoms with Crippen molar-refractivity contribution >= 4 is 39.1 Å². The molecule has 3 heterocycles.